The van der Waals surface area contributed by atoms with Crippen LogP contribution in [0.3, 0.4) is 0 Å². The number of rotatable bonds is 15. The van der Waals surface area contributed by atoms with Gasteiger partial charge in [0.05, 0.1) is 24.5 Å². The van der Waals surface area contributed by atoms with Crippen LogP contribution in [0.1, 0.15) is 83.4 Å². The van der Waals surface area contributed by atoms with Crippen LogP contribution in [0.5, 0.6) is 6.01 Å². The van der Waals surface area contributed by atoms with E-state index >= 15 is 0 Å². The van der Waals surface area contributed by atoms with Crippen molar-refractivity contribution in [3.05, 3.63) is 48.2 Å². The Morgan fingerprint density at radius 1 is 1.14 bits per heavy atom. The molecule has 43 heavy (non-hydrogen) atoms. The molecular formula is C33H45FN6O3. The van der Waals surface area contributed by atoms with Gasteiger partial charge in [0.1, 0.15) is 23.7 Å². The van der Waals surface area contributed by atoms with Gasteiger partial charge in [0.25, 0.3) is 0 Å². The summed E-state index contributed by atoms with van der Waals surface area (Å²) in [6.07, 6.45) is 10.5. The summed E-state index contributed by atoms with van der Waals surface area (Å²) in [5.74, 6) is 0.790. The highest BCUT2D eigenvalue weighted by Crippen LogP contribution is 2.60. The van der Waals surface area contributed by atoms with E-state index in [9.17, 15) is 14.3 Å². The van der Waals surface area contributed by atoms with Gasteiger partial charge in [0, 0.05) is 42.3 Å². The van der Waals surface area contributed by atoms with Gasteiger partial charge in [-0.05, 0) is 81.4 Å². The highest BCUT2D eigenvalue weighted by atomic mass is 19.1. The van der Waals surface area contributed by atoms with E-state index in [0.29, 0.717) is 29.9 Å². The zero-order valence-electron chi connectivity index (χ0n) is 25.6. The second-order valence-corrected chi connectivity index (χ2v) is 12.1. The summed E-state index contributed by atoms with van der Waals surface area (Å²) in [4.78, 5) is 31.4. The third-order valence-corrected chi connectivity index (χ3v) is 9.43. The van der Waals surface area contributed by atoms with Crippen LogP contribution >= 0.6 is 0 Å². The van der Waals surface area contributed by atoms with E-state index < -0.39 is 6.23 Å². The number of aliphatic hydroxyl groups is 1. The molecule has 2 aromatic heterocycles. The van der Waals surface area contributed by atoms with Crippen LogP contribution < -0.4 is 10.1 Å². The number of hydrogen-bond donors (Lipinski definition) is 3. The number of ether oxygens (including phenoxy) is 1. The first kappa shape index (κ1) is 31.2. The SMILES string of the molecule is CCC(=O)CCCCCC(NC(O)C1CC12CCN(CC)CC2)c1[nH]c(-c2ccc(F)cc2)nc1-c1cnc(OC)nc1. The molecule has 0 amide bonds. The van der Waals surface area contributed by atoms with Crippen LogP contribution in [0, 0.1) is 17.2 Å². The van der Waals surface area contributed by atoms with Crippen molar-refractivity contribution in [1.29, 1.82) is 0 Å². The third-order valence-electron chi connectivity index (χ3n) is 9.43. The number of piperidine rings is 1. The summed E-state index contributed by atoms with van der Waals surface area (Å²) in [6.45, 7) is 7.35. The van der Waals surface area contributed by atoms with Gasteiger partial charge in [-0.3, -0.25) is 10.1 Å². The van der Waals surface area contributed by atoms with E-state index in [4.69, 9.17) is 9.72 Å². The fourth-order valence-electron chi connectivity index (χ4n) is 6.52. The minimum absolute atomic E-state index is 0.211. The van der Waals surface area contributed by atoms with Crippen LogP contribution in [0.15, 0.2) is 36.7 Å². The van der Waals surface area contributed by atoms with Gasteiger partial charge in [-0.15, -0.1) is 0 Å². The molecule has 3 N–H and O–H groups in total. The highest BCUT2D eigenvalue weighted by Gasteiger charge is 2.57. The van der Waals surface area contributed by atoms with E-state index in [1.807, 2.05) is 6.92 Å². The number of ketones is 1. The maximum absolute atomic E-state index is 13.7. The van der Waals surface area contributed by atoms with Crippen molar-refractivity contribution >= 4 is 5.78 Å². The van der Waals surface area contributed by atoms with Crippen molar-refractivity contribution in [1.82, 2.24) is 30.2 Å². The Morgan fingerprint density at radius 2 is 1.86 bits per heavy atom. The number of imidazole rings is 1. The number of aromatic amines is 1. The van der Waals surface area contributed by atoms with Crippen LogP contribution in [-0.2, 0) is 4.79 Å². The molecule has 3 unspecified atom stereocenters. The number of carbonyl (C=O) groups excluding carboxylic acids is 1. The molecule has 3 heterocycles. The summed E-state index contributed by atoms with van der Waals surface area (Å²) in [5.41, 5.74) is 3.18. The zero-order chi connectivity index (χ0) is 30.4. The van der Waals surface area contributed by atoms with Gasteiger partial charge in [-0.25, -0.2) is 19.3 Å². The Morgan fingerprint density at radius 3 is 2.51 bits per heavy atom. The number of methoxy groups -OCH3 is 1. The maximum Gasteiger partial charge on any atom is 0.316 e. The first-order valence-electron chi connectivity index (χ1n) is 15.8. The summed E-state index contributed by atoms with van der Waals surface area (Å²) in [6, 6.07) is 6.27. The minimum Gasteiger partial charge on any atom is -0.467 e. The Bertz CT molecular complexity index is 1340. The molecule has 3 atom stereocenters. The van der Waals surface area contributed by atoms with Gasteiger partial charge in [-0.1, -0.05) is 26.7 Å². The molecule has 0 radical (unpaired) electrons. The van der Waals surface area contributed by atoms with Gasteiger partial charge in [0.2, 0.25) is 0 Å². The van der Waals surface area contributed by atoms with Crippen molar-refractivity contribution in [3.63, 3.8) is 0 Å². The normalized spacial score (nSPS) is 19.3. The molecule has 1 saturated heterocycles. The number of unbranched alkanes of at least 4 members (excludes halogenated alkanes) is 2. The predicted molar refractivity (Wildman–Crippen MR) is 164 cm³/mol. The molecule has 9 nitrogen and oxygen atoms in total. The van der Waals surface area contributed by atoms with E-state index in [-0.39, 0.29) is 35.0 Å². The van der Waals surface area contributed by atoms with Crippen molar-refractivity contribution in [3.8, 4) is 28.7 Å². The van der Waals surface area contributed by atoms with Gasteiger partial charge in [0.15, 0.2) is 0 Å². The first-order valence-corrected chi connectivity index (χ1v) is 15.8. The first-order chi connectivity index (χ1) is 20.9. The number of hydrogen-bond acceptors (Lipinski definition) is 8. The second kappa shape index (κ2) is 14.1. The molecule has 3 aromatic rings. The largest absolute Gasteiger partial charge is 0.467 e. The third kappa shape index (κ3) is 7.48. The van der Waals surface area contributed by atoms with Crippen molar-refractivity contribution in [2.24, 2.45) is 11.3 Å². The number of aromatic nitrogens is 4. The Kier molecular flexibility index (Phi) is 10.2. The average molecular weight is 593 g/mol. The van der Waals surface area contributed by atoms with Crippen molar-refractivity contribution < 1.29 is 19.0 Å². The molecule has 2 fully saturated rings. The number of benzene rings is 1. The lowest BCUT2D eigenvalue weighted by molar-refractivity contribution is -0.118. The molecular weight excluding hydrogens is 547 g/mol. The average Bonchev–Trinajstić information content (AvgIpc) is 3.55. The number of aliphatic hydroxyl groups excluding tert-OH is 1. The molecule has 10 heteroatoms. The van der Waals surface area contributed by atoms with E-state index in [1.54, 1.807) is 24.5 Å². The smallest absolute Gasteiger partial charge is 0.316 e. The number of likely N-dealkylation sites (tertiary alicyclic amines) is 1. The maximum atomic E-state index is 13.7. The lowest BCUT2D eigenvalue weighted by atomic mass is 9.90. The summed E-state index contributed by atoms with van der Waals surface area (Å²) >= 11 is 0. The Hall–Kier alpha value is -3.21. The lowest BCUT2D eigenvalue weighted by Crippen LogP contribution is -2.40. The molecule has 2 aliphatic rings. The number of nitrogens with one attached hydrogen (secondary N) is 2. The molecule has 1 spiro atoms. The van der Waals surface area contributed by atoms with E-state index in [0.717, 1.165) is 75.8 Å². The fourth-order valence-corrected chi connectivity index (χ4v) is 6.52. The Balaban J connectivity index is 1.41. The number of halogens is 1. The lowest BCUT2D eigenvalue weighted by Gasteiger charge is -2.33. The van der Waals surface area contributed by atoms with Crippen LogP contribution in [0.25, 0.3) is 22.6 Å². The number of H-pyrrole nitrogens is 1. The highest BCUT2D eigenvalue weighted by molar-refractivity contribution is 5.77. The standard InChI is InChI=1S/C33H45FN6O3/c1-4-25(41)9-7-6-8-10-27(37-31(42)26-19-33(26)15-17-40(5-2)18-16-33)29-28(23-20-35-32(43-3)36-21-23)38-30(39-29)22-11-13-24(34)14-12-22/h11-14,20-21,26-27,31,37,42H,4-10,15-19H2,1-3H3,(H,38,39). The van der Waals surface area contributed by atoms with Gasteiger partial charge in [-0.2, -0.15) is 0 Å². The number of Topliss-reactive ketones (excluding diaryl/α,β-unsaturated/α-hetero) is 1. The van der Waals surface area contributed by atoms with Gasteiger partial charge >= 0.3 is 6.01 Å². The minimum atomic E-state index is -0.655. The van der Waals surface area contributed by atoms with Crippen LogP contribution in [-0.4, -0.2) is 68.7 Å². The summed E-state index contributed by atoms with van der Waals surface area (Å²) < 4.78 is 18.9. The monoisotopic (exact) mass is 592 g/mol. The molecule has 1 saturated carbocycles. The summed E-state index contributed by atoms with van der Waals surface area (Å²) in [5, 5.41) is 15.2. The topological polar surface area (TPSA) is 116 Å². The second-order valence-electron chi connectivity index (χ2n) is 12.1. The quantitative estimate of drug-likeness (QED) is 0.152. The predicted octanol–water partition coefficient (Wildman–Crippen LogP) is 5.68. The van der Waals surface area contributed by atoms with Gasteiger partial charge < -0.3 is 19.7 Å². The summed E-state index contributed by atoms with van der Waals surface area (Å²) in [7, 11) is 1.52. The number of nitrogens with zero attached hydrogens (tertiary/aromatic N) is 4. The molecule has 5 rings (SSSR count). The molecule has 232 valence electrons. The molecule has 0 bridgehead atoms. The van der Waals surface area contributed by atoms with E-state index in [2.05, 4.69) is 32.1 Å². The van der Waals surface area contributed by atoms with Crippen molar-refractivity contribution in [2.45, 2.75) is 83.9 Å². The Labute approximate surface area is 253 Å². The van der Waals surface area contributed by atoms with Crippen LogP contribution in [0.2, 0.25) is 0 Å². The number of carbonyl (C=O) groups is 1. The molecule has 1 aromatic carbocycles. The van der Waals surface area contributed by atoms with Crippen LogP contribution in [0.4, 0.5) is 4.39 Å². The molecule has 1 aliphatic carbocycles. The van der Waals surface area contributed by atoms with Crippen molar-refractivity contribution in [2.75, 3.05) is 26.7 Å². The van der Waals surface area contributed by atoms with E-state index in [1.165, 1.54) is 19.2 Å². The fraction of sp³-hybridized carbons (Fsp3) is 0.576. The zero-order valence-corrected chi connectivity index (χ0v) is 25.6. The molecule has 1 aliphatic heterocycles.